The largest absolute Gasteiger partial charge is 0.381 e. The first kappa shape index (κ1) is 19.8. The molecule has 0 atom stereocenters. The van der Waals surface area contributed by atoms with E-state index in [1.807, 2.05) is 0 Å². The molecule has 0 radical (unpaired) electrons. The molecule has 7 heteroatoms. The van der Waals surface area contributed by atoms with E-state index in [4.69, 9.17) is 32.5 Å². The third kappa shape index (κ3) is 5.21. The number of nitrogens with one attached hydrogen (secondary N) is 1. The van der Waals surface area contributed by atoms with Gasteiger partial charge in [-0.1, -0.05) is 47.8 Å². The summed E-state index contributed by atoms with van der Waals surface area (Å²) in [4.78, 5) is 12.5. The van der Waals surface area contributed by atoms with Crippen LogP contribution in [0, 0.1) is 6.92 Å². The van der Waals surface area contributed by atoms with Crippen LogP contribution in [0.25, 0.3) is 11.3 Å². The standard InChI is InChI=1S/C18H22Cl2N2O3/c1-3-4-10-24-11-6-9-21-18(23)15-12(2)25-22-17(15)16-13(19)7-5-8-14(16)20/h5,7-8H,3-4,6,9-11H2,1-2H3,(H,21,23). The van der Waals surface area contributed by atoms with Crippen molar-refractivity contribution in [1.82, 2.24) is 10.5 Å². The zero-order valence-corrected chi connectivity index (χ0v) is 15.9. The molecule has 2 aromatic rings. The van der Waals surface area contributed by atoms with Crippen molar-refractivity contribution in [2.75, 3.05) is 19.8 Å². The summed E-state index contributed by atoms with van der Waals surface area (Å²) in [5.74, 6) is 0.154. The van der Waals surface area contributed by atoms with E-state index in [2.05, 4.69) is 17.4 Å². The van der Waals surface area contributed by atoms with Crippen molar-refractivity contribution < 1.29 is 14.1 Å². The summed E-state index contributed by atoms with van der Waals surface area (Å²) >= 11 is 12.4. The molecule has 0 unspecified atom stereocenters. The first-order valence-corrected chi connectivity index (χ1v) is 9.08. The van der Waals surface area contributed by atoms with Crippen molar-refractivity contribution in [2.24, 2.45) is 0 Å². The molecule has 25 heavy (non-hydrogen) atoms. The van der Waals surface area contributed by atoms with Crippen LogP contribution in [0.15, 0.2) is 22.7 Å². The molecule has 0 spiro atoms. The van der Waals surface area contributed by atoms with E-state index in [9.17, 15) is 4.79 Å². The van der Waals surface area contributed by atoms with E-state index >= 15 is 0 Å². The lowest BCUT2D eigenvalue weighted by Crippen LogP contribution is -2.26. The normalized spacial score (nSPS) is 10.9. The molecule has 136 valence electrons. The molecule has 2 rings (SSSR count). The molecule has 1 heterocycles. The molecule has 0 aliphatic carbocycles. The van der Waals surface area contributed by atoms with Crippen LogP contribution in [0.4, 0.5) is 0 Å². The van der Waals surface area contributed by atoms with E-state index in [1.54, 1.807) is 25.1 Å². The number of carbonyl (C=O) groups is 1. The number of aryl methyl sites for hydroxylation is 1. The topological polar surface area (TPSA) is 64.4 Å². The highest BCUT2D eigenvalue weighted by Crippen LogP contribution is 2.36. The molecule has 0 aliphatic heterocycles. The van der Waals surface area contributed by atoms with Crippen LogP contribution in [0.3, 0.4) is 0 Å². The molecular weight excluding hydrogens is 363 g/mol. The minimum atomic E-state index is -0.265. The number of rotatable bonds is 9. The number of aromatic nitrogens is 1. The molecule has 1 N–H and O–H groups in total. The molecular formula is C18H22Cl2N2O3. The van der Waals surface area contributed by atoms with Gasteiger partial charge in [0.25, 0.3) is 5.91 Å². The summed E-state index contributed by atoms with van der Waals surface area (Å²) in [6, 6.07) is 5.13. The van der Waals surface area contributed by atoms with E-state index in [-0.39, 0.29) is 5.91 Å². The van der Waals surface area contributed by atoms with Gasteiger partial charge in [-0.25, -0.2) is 0 Å². The molecule has 1 aromatic heterocycles. The number of nitrogens with zero attached hydrogens (tertiary/aromatic N) is 1. The number of hydrogen-bond acceptors (Lipinski definition) is 4. The van der Waals surface area contributed by atoms with Gasteiger partial charge in [0.1, 0.15) is 17.0 Å². The van der Waals surface area contributed by atoms with Gasteiger partial charge in [0.15, 0.2) is 0 Å². The van der Waals surface area contributed by atoms with Gasteiger partial charge in [0.2, 0.25) is 0 Å². The highest BCUT2D eigenvalue weighted by Gasteiger charge is 2.24. The molecule has 0 fully saturated rings. The Morgan fingerprint density at radius 2 is 1.92 bits per heavy atom. The second-order valence-corrected chi connectivity index (χ2v) is 6.45. The van der Waals surface area contributed by atoms with Gasteiger partial charge < -0.3 is 14.6 Å². The maximum Gasteiger partial charge on any atom is 0.257 e. The van der Waals surface area contributed by atoms with Crippen LogP contribution in [0.2, 0.25) is 10.0 Å². The molecule has 1 aromatic carbocycles. The average molecular weight is 385 g/mol. The van der Waals surface area contributed by atoms with E-state index in [1.165, 1.54) is 0 Å². The van der Waals surface area contributed by atoms with Crippen molar-refractivity contribution >= 4 is 29.1 Å². The zero-order chi connectivity index (χ0) is 18.2. The maximum atomic E-state index is 12.5. The predicted octanol–water partition coefficient (Wildman–Crippen LogP) is 4.89. The second-order valence-electron chi connectivity index (χ2n) is 5.63. The highest BCUT2D eigenvalue weighted by atomic mass is 35.5. The van der Waals surface area contributed by atoms with Gasteiger partial charge in [-0.2, -0.15) is 0 Å². The molecule has 5 nitrogen and oxygen atoms in total. The molecule has 0 saturated heterocycles. The Kier molecular flexibility index (Phi) is 7.75. The maximum absolute atomic E-state index is 12.5. The lowest BCUT2D eigenvalue weighted by atomic mass is 10.1. The summed E-state index contributed by atoms with van der Waals surface area (Å²) in [5, 5.41) is 7.67. The van der Waals surface area contributed by atoms with E-state index in [0.717, 1.165) is 25.9 Å². The SMILES string of the molecule is CCCCOCCCNC(=O)c1c(-c2c(Cl)cccc2Cl)noc1C. The Labute approximate surface area is 157 Å². The fourth-order valence-electron chi connectivity index (χ4n) is 2.35. The highest BCUT2D eigenvalue weighted by molar-refractivity contribution is 6.39. The number of halogens is 2. The van der Waals surface area contributed by atoms with E-state index < -0.39 is 0 Å². The summed E-state index contributed by atoms with van der Waals surface area (Å²) in [6.45, 7) is 5.68. The number of amides is 1. The Morgan fingerprint density at radius 3 is 2.60 bits per heavy atom. The summed E-state index contributed by atoms with van der Waals surface area (Å²) in [7, 11) is 0. The van der Waals surface area contributed by atoms with Crippen molar-refractivity contribution in [3.05, 3.63) is 39.6 Å². The molecule has 1 amide bonds. The zero-order valence-electron chi connectivity index (χ0n) is 14.4. The third-order valence-corrected chi connectivity index (χ3v) is 4.31. The van der Waals surface area contributed by atoms with Crippen LogP contribution >= 0.6 is 23.2 Å². The van der Waals surface area contributed by atoms with Crippen LogP contribution in [0.5, 0.6) is 0 Å². The summed E-state index contributed by atoms with van der Waals surface area (Å²) in [5.41, 5.74) is 1.20. The minimum Gasteiger partial charge on any atom is -0.381 e. The lowest BCUT2D eigenvalue weighted by Gasteiger charge is -2.08. The van der Waals surface area contributed by atoms with Crippen LogP contribution in [0.1, 0.15) is 42.3 Å². The minimum absolute atomic E-state index is 0.265. The Hall–Kier alpha value is -1.56. The molecule has 0 saturated carbocycles. The smallest absolute Gasteiger partial charge is 0.257 e. The Bertz CT molecular complexity index is 696. The van der Waals surface area contributed by atoms with Gasteiger partial charge in [-0.3, -0.25) is 4.79 Å². The fourth-order valence-corrected chi connectivity index (χ4v) is 2.92. The molecule has 0 bridgehead atoms. The Balaban J connectivity index is 2.03. The first-order valence-electron chi connectivity index (χ1n) is 8.32. The molecule has 0 aliphatic rings. The summed E-state index contributed by atoms with van der Waals surface area (Å²) < 4.78 is 10.7. The number of unbranched alkanes of at least 4 members (excludes halogenated alkanes) is 1. The monoisotopic (exact) mass is 384 g/mol. The van der Waals surface area contributed by atoms with Gasteiger partial charge in [0, 0.05) is 25.3 Å². The average Bonchev–Trinajstić information content (AvgIpc) is 2.95. The fraction of sp³-hybridized carbons (Fsp3) is 0.444. The third-order valence-electron chi connectivity index (χ3n) is 3.68. The van der Waals surface area contributed by atoms with Gasteiger partial charge in [0.05, 0.1) is 10.0 Å². The summed E-state index contributed by atoms with van der Waals surface area (Å²) in [6.07, 6.45) is 2.90. The number of carbonyl (C=O) groups excluding carboxylic acids is 1. The first-order chi connectivity index (χ1) is 12.1. The van der Waals surface area contributed by atoms with Gasteiger partial charge in [-0.05, 0) is 31.9 Å². The lowest BCUT2D eigenvalue weighted by molar-refractivity contribution is 0.0939. The number of hydrogen-bond donors (Lipinski definition) is 1. The van der Waals surface area contributed by atoms with Crippen LogP contribution in [-0.4, -0.2) is 30.8 Å². The quantitative estimate of drug-likeness (QED) is 0.624. The van der Waals surface area contributed by atoms with Gasteiger partial charge in [-0.15, -0.1) is 0 Å². The number of benzene rings is 1. The van der Waals surface area contributed by atoms with Gasteiger partial charge >= 0.3 is 0 Å². The Morgan fingerprint density at radius 1 is 1.24 bits per heavy atom. The van der Waals surface area contributed by atoms with Crippen molar-refractivity contribution in [2.45, 2.75) is 33.1 Å². The van der Waals surface area contributed by atoms with Crippen molar-refractivity contribution in [1.29, 1.82) is 0 Å². The number of ether oxygens (including phenoxy) is 1. The van der Waals surface area contributed by atoms with E-state index in [0.29, 0.717) is 45.8 Å². The van der Waals surface area contributed by atoms with Crippen LogP contribution < -0.4 is 5.32 Å². The van der Waals surface area contributed by atoms with Crippen molar-refractivity contribution in [3.8, 4) is 11.3 Å². The van der Waals surface area contributed by atoms with Crippen LogP contribution in [-0.2, 0) is 4.74 Å². The predicted molar refractivity (Wildman–Crippen MR) is 99.4 cm³/mol. The van der Waals surface area contributed by atoms with Crippen molar-refractivity contribution in [3.63, 3.8) is 0 Å². The second kappa shape index (κ2) is 9.80.